The summed E-state index contributed by atoms with van der Waals surface area (Å²) in [7, 11) is -3.94. The van der Waals surface area contributed by atoms with E-state index in [0.717, 1.165) is 17.8 Å². The van der Waals surface area contributed by atoms with Crippen molar-refractivity contribution in [3.63, 3.8) is 0 Å². The summed E-state index contributed by atoms with van der Waals surface area (Å²) in [4.78, 5) is 10.5. The Labute approximate surface area is 126 Å². The summed E-state index contributed by atoms with van der Waals surface area (Å²) in [6, 6.07) is 3.67. The minimum absolute atomic E-state index is 0.0189. The Morgan fingerprint density at radius 2 is 2.05 bits per heavy atom. The van der Waals surface area contributed by atoms with Crippen LogP contribution in [0.3, 0.4) is 0 Å². The number of nitrogens with two attached hydrogens (primary N) is 1. The minimum atomic E-state index is -3.94. The summed E-state index contributed by atoms with van der Waals surface area (Å²) < 4.78 is 22.4. The predicted octanol–water partition coefficient (Wildman–Crippen LogP) is 0.661. The van der Waals surface area contributed by atoms with Crippen molar-refractivity contribution in [1.82, 2.24) is 0 Å². The molecule has 20 heavy (non-hydrogen) atoms. The van der Waals surface area contributed by atoms with Crippen LogP contribution >= 0.6 is 23.4 Å². The zero-order valence-electron chi connectivity index (χ0n) is 10.5. The lowest BCUT2D eigenvalue weighted by atomic mass is 10.1. The molecule has 112 valence electrons. The number of benzene rings is 1. The highest BCUT2D eigenvalue weighted by molar-refractivity contribution is 8.13. The molecule has 0 spiro atoms. The van der Waals surface area contributed by atoms with Gasteiger partial charge in [-0.05, 0) is 17.7 Å². The second-order valence-corrected chi connectivity index (χ2v) is 7.18. The Balaban J connectivity index is 2.92. The van der Waals surface area contributed by atoms with Crippen LogP contribution in [0.15, 0.2) is 23.1 Å². The van der Waals surface area contributed by atoms with Gasteiger partial charge in [0.25, 0.3) is 0 Å². The van der Waals surface area contributed by atoms with Gasteiger partial charge in [-0.2, -0.15) is 0 Å². The number of carbonyl (C=O) groups excluding carboxylic acids is 1. The Morgan fingerprint density at radius 3 is 2.50 bits per heavy atom. The number of carbonyl (C=O) groups is 1. The molecule has 0 aliphatic rings. The monoisotopic (exact) mass is 339 g/mol. The molecule has 1 aromatic carbocycles. The third-order valence-corrected chi connectivity index (χ3v) is 4.73. The van der Waals surface area contributed by atoms with Gasteiger partial charge in [-0.25, -0.2) is 13.6 Å². The first kappa shape index (κ1) is 17.4. The maximum atomic E-state index is 11.2. The molecule has 0 saturated heterocycles. The molecule has 0 fully saturated rings. The Morgan fingerprint density at radius 1 is 1.45 bits per heavy atom. The molecule has 0 bridgehead atoms. The number of sulfonamides is 1. The van der Waals surface area contributed by atoms with E-state index in [1.54, 1.807) is 0 Å². The standard InChI is InChI=1S/C11H14ClNO5S2/c1-6(14)19-5-9(15)11(16)7-2-3-10(8(12)4-7)20(13,17)18/h2-4,9,11,15-16H,5H2,1H3,(H2,13,17,18). The van der Waals surface area contributed by atoms with Crippen LogP contribution < -0.4 is 5.14 Å². The topological polar surface area (TPSA) is 118 Å². The molecule has 6 nitrogen and oxygen atoms in total. The number of aliphatic hydroxyl groups excluding tert-OH is 2. The molecule has 0 radical (unpaired) electrons. The third-order valence-electron chi connectivity index (χ3n) is 2.43. The van der Waals surface area contributed by atoms with E-state index in [1.807, 2.05) is 0 Å². The number of primary sulfonamides is 1. The van der Waals surface area contributed by atoms with Gasteiger partial charge in [-0.3, -0.25) is 4.79 Å². The predicted molar refractivity (Wildman–Crippen MR) is 76.9 cm³/mol. The average molecular weight is 340 g/mol. The number of thioether (sulfide) groups is 1. The van der Waals surface area contributed by atoms with Gasteiger partial charge < -0.3 is 10.2 Å². The molecule has 0 aliphatic heterocycles. The molecular weight excluding hydrogens is 326 g/mol. The first-order valence-corrected chi connectivity index (χ1v) is 8.35. The quantitative estimate of drug-likeness (QED) is 0.725. The van der Waals surface area contributed by atoms with E-state index in [-0.39, 0.29) is 26.3 Å². The van der Waals surface area contributed by atoms with Gasteiger partial charge in [0, 0.05) is 12.7 Å². The van der Waals surface area contributed by atoms with Crippen molar-refractivity contribution in [3.8, 4) is 0 Å². The van der Waals surface area contributed by atoms with E-state index in [0.29, 0.717) is 0 Å². The zero-order valence-corrected chi connectivity index (χ0v) is 12.9. The second kappa shape index (κ2) is 6.88. The highest BCUT2D eigenvalue weighted by atomic mass is 35.5. The Bertz CT molecular complexity index is 605. The normalized spacial score (nSPS) is 14.8. The van der Waals surface area contributed by atoms with Gasteiger partial charge in [0.05, 0.1) is 11.1 Å². The van der Waals surface area contributed by atoms with Crippen molar-refractivity contribution < 1.29 is 23.4 Å². The number of halogens is 1. The van der Waals surface area contributed by atoms with E-state index < -0.39 is 22.2 Å². The van der Waals surface area contributed by atoms with E-state index in [4.69, 9.17) is 16.7 Å². The molecule has 9 heteroatoms. The van der Waals surface area contributed by atoms with Crippen LogP contribution in [0.2, 0.25) is 5.02 Å². The van der Waals surface area contributed by atoms with Gasteiger partial charge in [-0.15, -0.1) is 0 Å². The Hall–Kier alpha value is -0.640. The summed E-state index contributed by atoms with van der Waals surface area (Å²) in [5.74, 6) is 0.0189. The first-order chi connectivity index (χ1) is 9.12. The van der Waals surface area contributed by atoms with Crippen LogP contribution in [0.5, 0.6) is 0 Å². The number of aliphatic hydroxyl groups is 2. The highest BCUT2D eigenvalue weighted by Crippen LogP contribution is 2.27. The Kier molecular flexibility index (Phi) is 5.99. The van der Waals surface area contributed by atoms with E-state index in [2.05, 4.69) is 0 Å². The number of rotatable bonds is 5. The fraction of sp³-hybridized carbons (Fsp3) is 0.364. The fourth-order valence-electron chi connectivity index (χ4n) is 1.45. The van der Waals surface area contributed by atoms with Crippen molar-refractivity contribution in [3.05, 3.63) is 28.8 Å². The van der Waals surface area contributed by atoms with E-state index in [1.165, 1.54) is 19.1 Å². The molecule has 2 atom stereocenters. The molecule has 2 unspecified atom stereocenters. The SMILES string of the molecule is CC(=O)SCC(O)C(O)c1ccc(S(N)(=O)=O)c(Cl)c1. The van der Waals surface area contributed by atoms with Gasteiger partial charge in [0.1, 0.15) is 11.0 Å². The summed E-state index contributed by atoms with van der Waals surface area (Å²) >= 11 is 6.66. The van der Waals surface area contributed by atoms with Crippen molar-refractivity contribution in [2.45, 2.75) is 24.0 Å². The molecular formula is C11H14ClNO5S2. The molecule has 0 aliphatic carbocycles. The lowest BCUT2D eigenvalue weighted by Gasteiger charge is -2.18. The molecule has 0 heterocycles. The van der Waals surface area contributed by atoms with Gasteiger partial charge >= 0.3 is 0 Å². The largest absolute Gasteiger partial charge is 0.389 e. The fourth-order valence-corrected chi connectivity index (χ4v) is 3.14. The van der Waals surface area contributed by atoms with Gasteiger partial charge in [-0.1, -0.05) is 29.4 Å². The van der Waals surface area contributed by atoms with Crippen LogP contribution in [0.25, 0.3) is 0 Å². The third kappa shape index (κ3) is 4.72. The van der Waals surface area contributed by atoms with Gasteiger partial charge in [0.2, 0.25) is 10.0 Å². The molecule has 0 amide bonds. The maximum absolute atomic E-state index is 11.2. The number of hydrogen-bond acceptors (Lipinski definition) is 6. The maximum Gasteiger partial charge on any atom is 0.239 e. The van der Waals surface area contributed by atoms with Crippen molar-refractivity contribution in [1.29, 1.82) is 0 Å². The first-order valence-electron chi connectivity index (χ1n) is 5.44. The molecule has 4 N–H and O–H groups in total. The lowest BCUT2D eigenvalue weighted by molar-refractivity contribution is -0.109. The van der Waals surface area contributed by atoms with Crippen LogP contribution in [0.1, 0.15) is 18.6 Å². The summed E-state index contributed by atoms with van der Waals surface area (Å²) in [5.41, 5.74) is 0.235. The van der Waals surface area contributed by atoms with Crippen LogP contribution in [0, 0.1) is 0 Å². The van der Waals surface area contributed by atoms with Crippen molar-refractivity contribution in [2.75, 3.05) is 5.75 Å². The molecule has 0 aromatic heterocycles. The molecule has 0 saturated carbocycles. The van der Waals surface area contributed by atoms with E-state index >= 15 is 0 Å². The summed E-state index contributed by atoms with van der Waals surface area (Å²) in [6.07, 6.45) is -2.46. The zero-order chi connectivity index (χ0) is 15.5. The number of hydrogen-bond donors (Lipinski definition) is 3. The summed E-state index contributed by atoms with van der Waals surface area (Å²) in [5, 5.41) is 24.3. The smallest absolute Gasteiger partial charge is 0.239 e. The van der Waals surface area contributed by atoms with Crippen LogP contribution in [0.4, 0.5) is 0 Å². The van der Waals surface area contributed by atoms with E-state index in [9.17, 15) is 23.4 Å². The van der Waals surface area contributed by atoms with Gasteiger partial charge in [0.15, 0.2) is 5.12 Å². The van der Waals surface area contributed by atoms with Crippen LogP contribution in [-0.4, -0.2) is 35.6 Å². The van der Waals surface area contributed by atoms with Crippen molar-refractivity contribution in [2.24, 2.45) is 5.14 Å². The second-order valence-electron chi connectivity index (χ2n) is 4.05. The van der Waals surface area contributed by atoms with Crippen LogP contribution in [-0.2, 0) is 14.8 Å². The lowest BCUT2D eigenvalue weighted by Crippen LogP contribution is -2.21. The summed E-state index contributed by atoms with van der Waals surface area (Å²) in [6.45, 7) is 1.35. The molecule has 1 rings (SSSR count). The molecule has 1 aromatic rings. The minimum Gasteiger partial charge on any atom is -0.389 e. The highest BCUT2D eigenvalue weighted by Gasteiger charge is 2.21. The average Bonchev–Trinajstić information content (AvgIpc) is 2.33. The van der Waals surface area contributed by atoms with Crippen molar-refractivity contribution >= 4 is 38.5 Å².